The molecule has 0 radical (unpaired) electrons. The lowest BCUT2D eigenvalue weighted by Crippen LogP contribution is -2.08. The maximum absolute atomic E-state index is 12.4. The average Bonchev–Trinajstić information content (AvgIpc) is 2.91. The van der Waals surface area contributed by atoms with Crippen molar-refractivity contribution in [2.45, 2.75) is 32.1 Å². The number of aromatic nitrogens is 1. The smallest absolute Gasteiger partial charge is 0.182 e. The molecule has 3 rings (SSSR count). The highest BCUT2D eigenvalue weighted by Gasteiger charge is 2.20. The number of carbonyl (C=O) groups is 1. The Bertz CT molecular complexity index is 565. The predicted octanol–water partition coefficient (Wildman–Crippen LogP) is 4.00. The van der Waals surface area contributed by atoms with Gasteiger partial charge >= 0.3 is 0 Å². The van der Waals surface area contributed by atoms with Crippen molar-refractivity contribution in [3.8, 4) is 0 Å². The largest absolute Gasteiger partial charge is 0.292 e. The van der Waals surface area contributed by atoms with Crippen LogP contribution in [0.2, 0.25) is 0 Å². The van der Waals surface area contributed by atoms with Crippen molar-refractivity contribution in [3.05, 3.63) is 42.2 Å². The SMILES string of the molecule is O=C(CC1CCCC1)c1nccc2ccccc12. The molecule has 1 fully saturated rings. The zero-order valence-electron chi connectivity index (χ0n) is 10.4. The van der Waals surface area contributed by atoms with Crippen LogP contribution in [0.15, 0.2) is 36.5 Å². The van der Waals surface area contributed by atoms with Crippen LogP contribution in [-0.4, -0.2) is 10.8 Å². The molecular weight excluding hydrogens is 222 g/mol. The first-order chi connectivity index (χ1) is 8.84. The Morgan fingerprint density at radius 3 is 2.78 bits per heavy atom. The van der Waals surface area contributed by atoms with Crippen LogP contribution in [-0.2, 0) is 0 Å². The number of rotatable bonds is 3. The molecule has 0 aliphatic heterocycles. The van der Waals surface area contributed by atoms with E-state index in [1.165, 1.54) is 25.7 Å². The molecule has 0 unspecified atom stereocenters. The molecule has 1 aromatic heterocycles. The van der Waals surface area contributed by atoms with E-state index in [2.05, 4.69) is 4.98 Å². The molecule has 0 amide bonds. The molecule has 2 aromatic rings. The molecule has 1 saturated carbocycles. The van der Waals surface area contributed by atoms with Crippen molar-refractivity contribution in [1.29, 1.82) is 0 Å². The zero-order chi connectivity index (χ0) is 12.4. The second-order valence-corrected chi connectivity index (χ2v) is 5.16. The fourth-order valence-corrected chi connectivity index (χ4v) is 2.92. The van der Waals surface area contributed by atoms with Gasteiger partial charge in [-0.2, -0.15) is 0 Å². The van der Waals surface area contributed by atoms with Gasteiger partial charge in [-0.15, -0.1) is 0 Å². The summed E-state index contributed by atoms with van der Waals surface area (Å²) in [7, 11) is 0. The molecule has 1 aliphatic carbocycles. The lowest BCUT2D eigenvalue weighted by molar-refractivity contribution is 0.0959. The number of ketones is 1. The van der Waals surface area contributed by atoms with E-state index < -0.39 is 0 Å². The molecule has 92 valence electrons. The van der Waals surface area contributed by atoms with Crippen molar-refractivity contribution >= 4 is 16.6 Å². The van der Waals surface area contributed by atoms with Gasteiger partial charge in [-0.3, -0.25) is 9.78 Å². The second kappa shape index (κ2) is 4.89. The number of carbonyl (C=O) groups excluding carboxylic acids is 1. The first-order valence-electron chi connectivity index (χ1n) is 6.71. The first-order valence-corrected chi connectivity index (χ1v) is 6.71. The van der Waals surface area contributed by atoms with E-state index >= 15 is 0 Å². The normalized spacial score (nSPS) is 16.2. The fourth-order valence-electron chi connectivity index (χ4n) is 2.92. The summed E-state index contributed by atoms with van der Waals surface area (Å²) in [6, 6.07) is 9.94. The van der Waals surface area contributed by atoms with E-state index in [-0.39, 0.29) is 5.78 Å². The highest BCUT2D eigenvalue weighted by molar-refractivity contribution is 6.06. The fraction of sp³-hybridized carbons (Fsp3) is 0.375. The third-order valence-electron chi connectivity index (χ3n) is 3.89. The standard InChI is InChI=1S/C16H17NO/c18-15(11-12-5-1-2-6-12)16-14-8-4-3-7-13(14)9-10-17-16/h3-4,7-10,12H,1-2,5-6,11H2. The number of benzene rings is 1. The Hall–Kier alpha value is -1.70. The van der Waals surface area contributed by atoms with Crippen LogP contribution < -0.4 is 0 Å². The molecule has 0 bridgehead atoms. The molecule has 0 N–H and O–H groups in total. The van der Waals surface area contributed by atoms with Crippen LogP contribution in [0.4, 0.5) is 0 Å². The highest BCUT2D eigenvalue weighted by atomic mass is 16.1. The third-order valence-corrected chi connectivity index (χ3v) is 3.89. The number of nitrogens with zero attached hydrogens (tertiary/aromatic N) is 1. The molecule has 0 saturated heterocycles. The van der Waals surface area contributed by atoms with Crippen LogP contribution >= 0.6 is 0 Å². The lowest BCUT2D eigenvalue weighted by atomic mass is 9.97. The van der Waals surface area contributed by atoms with Crippen LogP contribution in [0.3, 0.4) is 0 Å². The number of pyridine rings is 1. The minimum Gasteiger partial charge on any atom is -0.292 e. The van der Waals surface area contributed by atoms with E-state index in [1.54, 1.807) is 6.20 Å². The lowest BCUT2D eigenvalue weighted by Gasteiger charge is -2.08. The zero-order valence-corrected chi connectivity index (χ0v) is 10.4. The highest BCUT2D eigenvalue weighted by Crippen LogP contribution is 2.29. The Morgan fingerprint density at radius 1 is 1.17 bits per heavy atom. The maximum atomic E-state index is 12.4. The van der Waals surface area contributed by atoms with Crippen LogP contribution in [0.25, 0.3) is 10.8 Å². The molecule has 18 heavy (non-hydrogen) atoms. The molecule has 2 heteroatoms. The summed E-state index contributed by atoms with van der Waals surface area (Å²) in [5.74, 6) is 0.789. The van der Waals surface area contributed by atoms with Crippen LogP contribution in [0.1, 0.15) is 42.6 Å². The molecule has 0 spiro atoms. The summed E-state index contributed by atoms with van der Waals surface area (Å²) >= 11 is 0. The predicted molar refractivity (Wildman–Crippen MR) is 72.6 cm³/mol. The van der Waals surface area contributed by atoms with Gasteiger partial charge in [-0.25, -0.2) is 0 Å². The molecule has 2 nitrogen and oxygen atoms in total. The van der Waals surface area contributed by atoms with Gasteiger partial charge < -0.3 is 0 Å². The summed E-state index contributed by atoms with van der Waals surface area (Å²) < 4.78 is 0. The Labute approximate surface area is 107 Å². The summed E-state index contributed by atoms with van der Waals surface area (Å²) in [4.78, 5) is 16.7. The van der Waals surface area contributed by atoms with Crippen molar-refractivity contribution < 1.29 is 4.79 Å². The minimum atomic E-state index is 0.207. The van der Waals surface area contributed by atoms with Gasteiger partial charge in [0.1, 0.15) is 5.69 Å². The van der Waals surface area contributed by atoms with Gasteiger partial charge in [0.2, 0.25) is 0 Å². The summed E-state index contributed by atoms with van der Waals surface area (Å²) in [5, 5.41) is 2.09. The van der Waals surface area contributed by atoms with Gasteiger partial charge in [-0.05, 0) is 17.4 Å². The number of Topliss-reactive ketones (excluding diaryl/α,β-unsaturated/α-hetero) is 1. The molecular formula is C16H17NO. The van der Waals surface area contributed by atoms with Gasteiger partial charge in [0.25, 0.3) is 0 Å². The Balaban J connectivity index is 1.91. The minimum absolute atomic E-state index is 0.207. The summed E-state index contributed by atoms with van der Waals surface area (Å²) in [6.07, 6.45) is 7.38. The summed E-state index contributed by atoms with van der Waals surface area (Å²) in [6.45, 7) is 0. The topological polar surface area (TPSA) is 30.0 Å². The van der Waals surface area contributed by atoms with Crippen LogP contribution in [0.5, 0.6) is 0 Å². The average molecular weight is 239 g/mol. The molecule has 0 atom stereocenters. The van der Waals surface area contributed by atoms with E-state index in [4.69, 9.17) is 0 Å². The second-order valence-electron chi connectivity index (χ2n) is 5.16. The van der Waals surface area contributed by atoms with Gasteiger partial charge in [-0.1, -0.05) is 49.9 Å². The molecule has 1 aromatic carbocycles. The van der Waals surface area contributed by atoms with E-state index in [1.807, 2.05) is 30.3 Å². The number of hydrogen-bond donors (Lipinski definition) is 0. The Morgan fingerprint density at radius 2 is 1.94 bits per heavy atom. The first kappa shape index (κ1) is 11.4. The third kappa shape index (κ3) is 2.15. The Kier molecular flexibility index (Phi) is 3.09. The van der Waals surface area contributed by atoms with Crippen molar-refractivity contribution in [1.82, 2.24) is 4.98 Å². The van der Waals surface area contributed by atoms with E-state index in [0.717, 1.165) is 10.8 Å². The number of fused-ring (bicyclic) bond motifs is 1. The molecule has 1 heterocycles. The van der Waals surface area contributed by atoms with Crippen molar-refractivity contribution in [2.24, 2.45) is 5.92 Å². The van der Waals surface area contributed by atoms with Gasteiger partial charge in [0.05, 0.1) is 0 Å². The summed E-state index contributed by atoms with van der Waals surface area (Å²) in [5.41, 5.74) is 0.653. The van der Waals surface area contributed by atoms with E-state index in [9.17, 15) is 4.79 Å². The monoisotopic (exact) mass is 239 g/mol. The quantitative estimate of drug-likeness (QED) is 0.758. The van der Waals surface area contributed by atoms with Crippen molar-refractivity contribution in [2.75, 3.05) is 0 Å². The van der Waals surface area contributed by atoms with E-state index in [0.29, 0.717) is 18.0 Å². The maximum Gasteiger partial charge on any atom is 0.182 e. The van der Waals surface area contributed by atoms with Crippen molar-refractivity contribution in [3.63, 3.8) is 0 Å². The van der Waals surface area contributed by atoms with Gasteiger partial charge in [0, 0.05) is 18.0 Å². The molecule has 1 aliphatic rings. The number of hydrogen-bond acceptors (Lipinski definition) is 2. The van der Waals surface area contributed by atoms with Gasteiger partial charge in [0.15, 0.2) is 5.78 Å². The van der Waals surface area contributed by atoms with Crippen LogP contribution in [0, 0.1) is 5.92 Å².